The number of nitrogens with one attached hydrogen (secondary N) is 2. The number of rotatable bonds is 2. The maximum atomic E-state index is 12.6. The number of halogens is 1. The van der Waals surface area contributed by atoms with Gasteiger partial charge >= 0.3 is 0 Å². The van der Waals surface area contributed by atoms with Crippen LogP contribution in [-0.4, -0.2) is 21.1 Å². The van der Waals surface area contributed by atoms with Gasteiger partial charge in [-0.15, -0.1) is 0 Å². The van der Waals surface area contributed by atoms with Crippen molar-refractivity contribution in [3.05, 3.63) is 41.1 Å². The highest BCUT2D eigenvalue weighted by atomic mass is 19.1. The molecular formula is C11H11FN4O. The Morgan fingerprint density at radius 1 is 1.41 bits per heavy atom. The van der Waals surface area contributed by atoms with E-state index in [1.54, 1.807) is 0 Å². The van der Waals surface area contributed by atoms with E-state index in [0.29, 0.717) is 5.82 Å². The Morgan fingerprint density at radius 3 is 2.71 bits per heavy atom. The molecule has 0 saturated heterocycles. The van der Waals surface area contributed by atoms with Gasteiger partial charge in [0.15, 0.2) is 5.82 Å². The molecule has 0 unspecified atom stereocenters. The van der Waals surface area contributed by atoms with Gasteiger partial charge in [0.2, 0.25) is 0 Å². The summed E-state index contributed by atoms with van der Waals surface area (Å²) in [6, 6.07) is 2.50. The van der Waals surface area contributed by atoms with E-state index in [4.69, 9.17) is 0 Å². The van der Waals surface area contributed by atoms with Crippen LogP contribution in [0.25, 0.3) is 0 Å². The number of anilines is 1. The molecule has 2 rings (SSSR count). The van der Waals surface area contributed by atoms with E-state index in [9.17, 15) is 9.18 Å². The minimum absolute atomic E-state index is 0.145. The normalized spacial score (nSPS) is 10.3. The predicted molar refractivity (Wildman–Crippen MR) is 60.2 cm³/mol. The molecule has 17 heavy (non-hydrogen) atoms. The Morgan fingerprint density at radius 2 is 2.18 bits per heavy atom. The van der Waals surface area contributed by atoms with Crippen molar-refractivity contribution in [2.45, 2.75) is 13.8 Å². The lowest BCUT2D eigenvalue weighted by atomic mass is 10.2. The van der Waals surface area contributed by atoms with Gasteiger partial charge in [0, 0.05) is 11.3 Å². The Bertz CT molecular complexity index is 547. The summed E-state index contributed by atoms with van der Waals surface area (Å²) in [7, 11) is 0. The fraction of sp³-hybridized carbons (Fsp3) is 0.182. The van der Waals surface area contributed by atoms with E-state index in [-0.39, 0.29) is 5.69 Å². The van der Waals surface area contributed by atoms with Crippen LogP contribution in [0.15, 0.2) is 18.3 Å². The quantitative estimate of drug-likeness (QED) is 0.832. The van der Waals surface area contributed by atoms with Gasteiger partial charge in [-0.2, -0.15) is 5.10 Å². The second kappa shape index (κ2) is 4.32. The van der Waals surface area contributed by atoms with E-state index in [0.717, 1.165) is 17.5 Å². The minimum atomic E-state index is -0.478. The summed E-state index contributed by atoms with van der Waals surface area (Å²) in [6.45, 7) is 3.70. The van der Waals surface area contributed by atoms with Gasteiger partial charge in [-0.25, -0.2) is 9.37 Å². The first kappa shape index (κ1) is 11.3. The molecule has 0 aromatic carbocycles. The number of pyridine rings is 1. The number of nitrogens with zero attached hydrogens (tertiary/aromatic N) is 2. The second-order valence-corrected chi connectivity index (χ2v) is 3.64. The number of carbonyl (C=O) groups is 1. The van der Waals surface area contributed by atoms with Crippen LogP contribution in [0.1, 0.15) is 21.7 Å². The fourth-order valence-electron chi connectivity index (χ4n) is 1.29. The van der Waals surface area contributed by atoms with Crippen LogP contribution in [-0.2, 0) is 0 Å². The first-order valence-electron chi connectivity index (χ1n) is 5.02. The van der Waals surface area contributed by atoms with Crippen LogP contribution in [0.4, 0.5) is 10.2 Å². The van der Waals surface area contributed by atoms with Crippen LogP contribution in [0.5, 0.6) is 0 Å². The van der Waals surface area contributed by atoms with E-state index in [1.165, 1.54) is 12.1 Å². The molecule has 0 aliphatic heterocycles. The zero-order valence-corrected chi connectivity index (χ0v) is 9.41. The van der Waals surface area contributed by atoms with Gasteiger partial charge in [-0.05, 0) is 26.0 Å². The summed E-state index contributed by atoms with van der Waals surface area (Å²) in [6.07, 6.45) is 0.998. The van der Waals surface area contributed by atoms with Gasteiger partial charge < -0.3 is 5.32 Å². The Labute approximate surface area is 97.1 Å². The molecule has 0 saturated carbocycles. The smallest absolute Gasteiger partial charge is 0.275 e. The van der Waals surface area contributed by atoms with Crippen molar-refractivity contribution in [3.8, 4) is 0 Å². The van der Waals surface area contributed by atoms with Crippen LogP contribution in [0.2, 0.25) is 0 Å². The average molecular weight is 234 g/mol. The monoisotopic (exact) mass is 234 g/mol. The predicted octanol–water partition coefficient (Wildman–Crippen LogP) is 1.81. The van der Waals surface area contributed by atoms with Crippen molar-refractivity contribution >= 4 is 11.7 Å². The zero-order chi connectivity index (χ0) is 12.4. The maximum Gasteiger partial charge on any atom is 0.275 e. The maximum absolute atomic E-state index is 12.6. The minimum Gasteiger partial charge on any atom is -0.304 e. The van der Waals surface area contributed by atoms with Gasteiger partial charge in [0.05, 0.1) is 6.20 Å². The standard InChI is InChI=1S/C11H11FN4O/c1-6-7(2)15-16-10(6)14-11(17)9-4-3-8(12)5-13-9/h3-5H,1-2H3,(H2,14,15,16,17). The first-order valence-corrected chi connectivity index (χ1v) is 5.02. The third-order valence-corrected chi connectivity index (χ3v) is 2.45. The Hall–Kier alpha value is -2.24. The number of hydrogen-bond acceptors (Lipinski definition) is 3. The highest BCUT2D eigenvalue weighted by Crippen LogP contribution is 2.14. The number of H-pyrrole nitrogens is 1. The van der Waals surface area contributed by atoms with Gasteiger partial charge in [-0.1, -0.05) is 0 Å². The summed E-state index contributed by atoms with van der Waals surface area (Å²) in [5.74, 6) is -0.438. The van der Waals surface area contributed by atoms with Crippen LogP contribution in [0, 0.1) is 19.7 Å². The molecule has 0 aliphatic carbocycles. The van der Waals surface area contributed by atoms with E-state index in [1.807, 2.05) is 13.8 Å². The molecule has 6 heteroatoms. The van der Waals surface area contributed by atoms with Crippen molar-refractivity contribution in [2.24, 2.45) is 0 Å². The van der Waals surface area contributed by atoms with Gasteiger partial charge in [-0.3, -0.25) is 9.89 Å². The Kier molecular flexibility index (Phi) is 2.86. The van der Waals surface area contributed by atoms with Crippen molar-refractivity contribution in [2.75, 3.05) is 5.32 Å². The van der Waals surface area contributed by atoms with Gasteiger partial charge in [0.25, 0.3) is 5.91 Å². The number of aryl methyl sites for hydroxylation is 1. The summed E-state index contributed by atoms with van der Waals surface area (Å²) >= 11 is 0. The number of aromatic amines is 1. The lowest BCUT2D eigenvalue weighted by Crippen LogP contribution is -2.14. The van der Waals surface area contributed by atoms with Gasteiger partial charge in [0.1, 0.15) is 11.5 Å². The molecule has 0 fully saturated rings. The summed E-state index contributed by atoms with van der Waals surface area (Å²) in [5, 5.41) is 9.30. The van der Waals surface area contributed by atoms with Crippen LogP contribution >= 0.6 is 0 Å². The molecular weight excluding hydrogens is 223 g/mol. The molecule has 1 amide bonds. The lowest BCUT2D eigenvalue weighted by Gasteiger charge is -2.02. The molecule has 2 aromatic heterocycles. The summed E-state index contributed by atoms with van der Waals surface area (Å²) < 4.78 is 12.6. The Balaban J connectivity index is 2.17. The second-order valence-electron chi connectivity index (χ2n) is 3.64. The van der Waals surface area contributed by atoms with Crippen LogP contribution in [0.3, 0.4) is 0 Å². The molecule has 2 heterocycles. The van der Waals surface area contributed by atoms with Crippen molar-refractivity contribution in [1.82, 2.24) is 15.2 Å². The summed E-state index contributed by atoms with van der Waals surface area (Å²) in [5.41, 5.74) is 1.89. The third kappa shape index (κ3) is 2.30. The van der Waals surface area contributed by atoms with E-state index in [2.05, 4.69) is 20.5 Å². The van der Waals surface area contributed by atoms with E-state index < -0.39 is 11.7 Å². The molecule has 0 atom stereocenters. The van der Waals surface area contributed by atoms with Crippen LogP contribution < -0.4 is 5.32 Å². The number of amides is 1. The highest BCUT2D eigenvalue weighted by Gasteiger charge is 2.12. The molecule has 88 valence electrons. The molecule has 5 nitrogen and oxygen atoms in total. The first-order chi connectivity index (χ1) is 8.08. The fourth-order valence-corrected chi connectivity index (χ4v) is 1.29. The average Bonchev–Trinajstić information content (AvgIpc) is 2.62. The SMILES string of the molecule is Cc1[nH]nc(NC(=O)c2ccc(F)cn2)c1C. The van der Waals surface area contributed by atoms with Crippen molar-refractivity contribution in [1.29, 1.82) is 0 Å². The highest BCUT2D eigenvalue weighted by molar-refractivity contribution is 6.02. The number of aromatic nitrogens is 3. The molecule has 0 radical (unpaired) electrons. The molecule has 2 N–H and O–H groups in total. The van der Waals surface area contributed by atoms with Crippen molar-refractivity contribution < 1.29 is 9.18 Å². The largest absolute Gasteiger partial charge is 0.304 e. The molecule has 2 aromatic rings. The molecule has 0 spiro atoms. The van der Waals surface area contributed by atoms with E-state index >= 15 is 0 Å². The lowest BCUT2D eigenvalue weighted by molar-refractivity contribution is 0.102. The number of hydrogen-bond donors (Lipinski definition) is 2. The summed E-state index contributed by atoms with van der Waals surface area (Å²) in [4.78, 5) is 15.4. The number of carbonyl (C=O) groups excluding carboxylic acids is 1. The van der Waals surface area contributed by atoms with Crippen molar-refractivity contribution in [3.63, 3.8) is 0 Å². The molecule has 0 bridgehead atoms. The topological polar surface area (TPSA) is 70.7 Å². The third-order valence-electron chi connectivity index (χ3n) is 2.45. The zero-order valence-electron chi connectivity index (χ0n) is 9.41. The molecule has 0 aliphatic rings.